The minimum atomic E-state index is -0.0191. The van der Waals surface area contributed by atoms with Crippen LogP contribution in [0.4, 0.5) is 5.69 Å². The Balaban J connectivity index is 1.48. The third kappa shape index (κ3) is 4.70. The molecule has 2 aromatic carbocycles. The molecule has 3 rings (SSSR count). The number of anilines is 1. The van der Waals surface area contributed by atoms with Gasteiger partial charge in [0.15, 0.2) is 0 Å². The summed E-state index contributed by atoms with van der Waals surface area (Å²) in [6.45, 7) is 5.49. The molecule has 0 aromatic heterocycles. The number of piperazine rings is 1. The van der Waals surface area contributed by atoms with E-state index in [1.54, 1.807) is 6.07 Å². The summed E-state index contributed by atoms with van der Waals surface area (Å²) >= 11 is 12.2. The fourth-order valence-electron chi connectivity index (χ4n) is 3.17. The highest BCUT2D eigenvalue weighted by Crippen LogP contribution is 2.26. The Kier molecular flexibility index (Phi) is 6.41. The summed E-state index contributed by atoms with van der Waals surface area (Å²) in [5.41, 5.74) is 2.15. The van der Waals surface area contributed by atoms with Crippen molar-refractivity contribution in [2.24, 2.45) is 0 Å². The average molecular weight is 392 g/mol. The molecule has 1 amide bonds. The average Bonchev–Trinajstić information content (AvgIpc) is 2.66. The van der Waals surface area contributed by atoms with Gasteiger partial charge in [-0.1, -0.05) is 47.5 Å². The van der Waals surface area contributed by atoms with Crippen LogP contribution in [0.3, 0.4) is 0 Å². The fourth-order valence-corrected chi connectivity index (χ4v) is 3.74. The first-order valence-corrected chi connectivity index (χ1v) is 9.56. The zero-order chi connectivity index (χ0) is 18.5. The first-order chi connectivity index (χ1) is 12.5. The predicted molar refractivity (Wildman–Crippen MR) is 108 cm³/mol. The number of amides is 1. The van der Waals surface area contributed by atoms with E-state index in [0.29, 0.717) is 16.6 Å². The molecule has 0 unspecified atom stereocenters. The van der Waals surface area contributed by atoms with Crippen LogP contribution in [0.15, 0.2) is 48.5 Å². The minimum absolute atomic E-state index is 0.0191. The molecule has 0 saturated carbocycles. The van der Waals surface area contributed by atoms with Gasteiger partial charge in [0.25, 0.3) is 0 Å². The van der Waals surface area contributed by atoms with Gasteiger partial charge in [-0.3, -0.25) is 4.79 Å². The standard InChI is InChI=1S/C20H23Cl2N3O/c1-15(18-8-7-16(21)13-19(18)22)23-14-20(26)25-11-9-24(10-12-25)17-5-3-2-4-6-17/h2-8,13,15,23H,9-12,14H2,1H3/t15-/m0/s1. The van der Waals surface area contributed by atoms with Crippen LogP contribution in [0.1, 0.15) is 18.5 Å². The van der Waals surface area contributed by atoms with Crippen molar-refractivity contribution in [1.29, 1.82) is 0 Å². The van der Waals surface area contributed by atoms with E-state index < -0.39 is 0 Å². The van der Waals surface area contributed by atoms with Crippen molar-refractivity contribution in [2.45, 2.75) is 13.0 Å². The van der Waals surface area contributed by atoms with Crippen LogP contribution < -0.4 is 10.2 Å². The van der Waals surface area contributed by atoms with Gasteiger partial charge in [-0.05, 0) is 36.8 Å². The summed E-state index contributed by atoms with van der Waals surface area (Å²) in [7, 11) is 0. The van der Waals surface area contributed by atoms with Crippen molar-refractivity contribution in [3.63, 3.8) is 0 Å². The number of carbonyl (C=O) groups is 1. The van der Waals surface area contributed by atoms with Crippen molar-refractivity contribution in [3.8, 4) is 0 Å². The molecule has 26 heavy (non-hydrogen) atoms. The van der Waals surface area contributed by atoms with Crippen LogP contribution in [0.5, 0.6) is 0 Å². The lowest BCUT2D eigenvalue weighted by Crippen LogP contribution is -2.51. The molecular weight excluding hydrogens is 369 g/mol. The van der Waals surface area contributed by atoms with Gasteiger partial charge in [0.2, 0.25) is 5.91 Å². The van der Waals surface area contributed by atoms with Crippen molar-refractivity contribution in [2.75, 3.05) is 37.6 Å². The summed E-state index contributed by atoms with van der Waals surface area (Å²) in [5.74, 6) is 0.120. The van der Waals surface area contributed by atoms with Gasteiger partial charge >= 0.3 is 0 Å². The third-order valence-corrected chi connectivity index (χ3v) is 5.30. The molecule has 1 heterocycles. The van der Waals surface area contributed by atoms with Crippen LogP contribution in [-0.2, 0) is 4.79 Å². The predicted octanol–water partition coefficient (Wildman–Crippen LogP) is 3.99. The second kappa shape index (κ2) is 8.76. The zero-order valence-electron chi connectivity index (χ0n) is 14.8. The van der Waals surface area contributed by atoms with E-state index in [1.807, 2.05) is 42.2 Å². The highest BCUT2D eigenvalue weighted by Gasteiger charge is 2.21. The minimum Gasteiger partial charge on any atom is -0.368 e. The smallest absolute Gasteiger partial charge is 0.236 e. The molecule has 6 heteroatoms. The van der Waals surface area contributed by atoms with Crippen LogP contribution in [0.2, 0.25) is 10.0 Å². The maximum atomic E-state index is 12.5. The lowest BCUT2D eigenvalue weighted by molar-refractivity contribution is -0.130. The highest BCUT2D eigenvalue weighted by molar-refractivity contribution is 6.35. The van der Waals surface area contributed by atoms with E-state index in [-0.39, 0.29) is 11.9 Å². The first kappa shape index (κ1) is 19.0. The summed E-state index contributed by atoms with van der Waals surface area (Å²) in [4.78, 5) is 16.7. The van der Waals surface area contributed by atoms with Crippen molar-refractivity contribution < 1.29 is 4.79 Å². The molecule has 1 saturated heterocycles. The zero-order valence-corrected chi connectivity index (χ0v) is 16.3. The van der Waals surface area contributed by atoms with E-state index in [2.05, 4.69) is 22.3 Å². The number of halogens is 2. The fraction of sp³-hybridized carbons (Fsp3) is 0.350. The second-order valence-corrected chi connectivity index (χ2v) is 7.32. The maximum Gasteiger partial charge on any atom is 0.236 e. The maximum absolute atomic E-state index is 12.5. The molecule has 0 bridgehead atoms. The van der Waals surface area contributed by atoms with Crippen molar-refractivity contribution >= 4 is 34.8 Å². The van der Waals surface area contributed by atoms with Crippen molar-refractivity contribution in [3.05, 3.63) is 64.1 Å². The van der Waals surface area contributed by atoms with Gasteiger partial charge in [-0.15, -0.1) is 0 Å². The number of carbonyl (C=O) groups excluding carboxylic acids is 1. The molecule has 0 radical (unpaired) electrons. The number of rotatable bonds is 5. The highest BCUT2D eigenvalue weighted by atomic mass is 35.5. The molecule has 1 aliphatic heterocycles. The van der Waals surface area contributed by atoms with Crippen molar-refractivity contribution in [1.82, 2.24) is 10.2 Å². The Labute approximate surface area is 164 Å². The quantitative estimate of drug-likeness (QED) is 0.836. The number of para-hydroxylation sites is 1. The third-order valence-electron chi connectivity index (χ3n) is 4.74. The van der Waals surface area contributed by atoms with Gasteiger partial charge in [0.1, 0.15) is 0 Å². The Bertz CT molecular complexity index is 746. The van der Waals surface area contributed by atoms with E-state index >= 15 is 0 Å². The Hall–Kier alpha value is -1.75. The topological polar surface area (TPSA) is 35.6 Å². The van der Waals surface area contributed by atoms with Crippen LogP contribution >= 0.6 is 23.2 Å². The molecule has 2 aromatic rings. The molecule has 0 spiro atoms. The number of nitrogens with zero attached hydrogens (tertiary/aromatic N) is 2. The molecule has 1 atom stereocenters. The van der Waals surface area contributed by atoms with E-state index in [1.165, 1.54) is 5.69 Å². The van der Waals surface area contributed by atoms with E-state index in [4.69, 9.17) is 23.2 Å². The van der Waals surface area contributed by atoms with Gasteiger partial charge in [-0.2, -0.15) is 0 Å². The normalized spacial score (nSPS) is 15.8. The van der Waals surface area contributed by atoms with Crippen LogP contribution in [0.25, 0.3) is 0 Å². The van der Waals surface area contributed by atoms with Crippen LogP contribution in [-0.4, -0.2) is 43.5 Å². The SMILES string of the molecule is C[C@H](NCC(=O)N1CCN(c2ccccc2)CC1)c1ccc(Cl)cc1Cl. The largest absolute Gasteiger partial charge is 0.368 e. The van der Waals surface area contributed by atoms with E-state index in [9.17, 15) is 4.79 Å². The number of benzene rings is 2. The molecule has 138 valence electrons. The monoisotopic (exact) mass is 391 g/mol. The second-order valence-electron chi connectivity index (χ2n) is 6.47. The molecule has 0 aliphatic carbocycles. The van der Waals surface area contributed by atoms with Gasteiger partial charge in [-0.25, -0.2) is 0 Å². The Morgan fingerprint density at radius 3 is 2.42 bits per heavy atom. The summed E-state index contributed by atoms with van der Waals surface area (Å²) in [6.07, 6.45) is 0. The molecular formula is C20H23Cl2N3O. The van der Waals surface area contributed by atoms with Crippen LogP contribution in [0, 0.1) is 0 Å². The summed E-state index contributed by atoms with van der Waals surface area (Å²) in [5, 5.41) is 4.49. The number of hydrogen-bond donors (Lipinski definition) is 1. The molecule has 1 fully saturated rings. The van der Waals surface area contributed by atoms with Gasteiger partial charge < -0.3 is 15.1 Å². The van der Waals surface area contributed by atoms with E-state index in [0.717, 1.165) is 31.7 Å². The Morgan fingerprint density at radius 1 is 1.08 bits per heavy atom. The first-order valence-electron chi connectivity index (χ1n) is 8.80. The molecule has 1 N–H and O–H groups in total. The number of nitrogens with one attached hydrogen (secondary N) is 1. The summed E-state index contributed by atoms with van der Waals surface area (Å²) in [6, 6.07) is 15.7. The van der Waals surface area contributed by atoms with Gasteiger partial charge in [0, 0.05) is 48.0 Å². The summed E-state index contributed by atoms with van der Waals surface area (Å²) < 4.78 is 0. The molecule has 4 nitrogen and oxygen atoms in total. The molecule has 1 aliphatic rings. The van der Waals surface area contributed by atoms with Gasteiger partial charge in [0.05, 0.1) is 6.54 Å². The lowest BCUT2D eigenvalue weighted by Gasteiger charge is -2.36. The number of hydrogen-bond acceptors (Lipinski definition) is 3. The lowest BCUT2D eigenvalue weighted by atomic mass is 10.1. The Morgan fingerprint density at radius 2 is 1.77 bits per heavy atom.